The minimum absolute atomic E-state index is 0.275. The van der Waals surface area contributed by atoms with E-state index in [-0.39, 0.29) is 11.5 Å². The standard InChI is InChI=1S/C16H10BrFN2O2/c17-11-3-4-12(18)9(7-11)2-6-15(21)10-1-5-13-14(8-10)20-16(22)19-13/h1-8H,(H2,19,20,22)/b6-2+. The smallest absolute Gasteiger partial charge is 0.306 e. The van der Waals surface area contributed by atoms with Crippen molar-refractivity contribution in [3.63, 3.8) is 0 Å². The fourth-order valence-corrected chi connectivity index (χ4v) is 2.47. The minimum Gasteiger partial charge on any atom is -0.306 e. The third kappa shape index (κ3) is 2.92. The zero-order valence-corrected chi connectivity index (χ0v) is 12.8. The van der Waals surface area contributed by atoms with Gasteiger partial charge in [0.15, 0.2) is 5.78 Å². The number of fused-ring (bicyclic) bond motifs is 1. The number of ketones is 1. The predicted molar refractivity (Wildman–Crippen MR) is 86.4 cm³/mol. The number of H-pyrrole nitrogens is 2. The second-order valence-corrected chi connectivity index (χ2v) is 5.62. The molecule has 0 amide bonds. The van der Waals surface area contributed by atoms with Crippen LogP contribution in [-0.4, -0.2) is 15.8 Å². The van der Waals surface area contributed by atoms with E-state index >= 15 is 0 Å². The molecule has 6 heteroatoms. The average Bonchev–Trinajstić information content (AvgIpc) is 2.86. The molecule has 0 spiro atoms. The van der Waals surface area contributed by atoms with E-state index in [1.165, 1.54) is 18.2 Å². The van der Waals surface area contributed by atoms with E-state index in [2.05, 4.69) is 25.9 Å². The van der Waals surface area contributed by atoms with E-state index in [0.29, 0.717) is 22.2 Å². The number of hydrogen-bond acceptors (Lipinski definition) is 2. The Balaban J connectivity index is 1.90. The summed E-state index contributed by atoms with van der Waals surface area (Å²) in [5.74, 6) is -0.680. The highest BCUT2D eigenvalue weighted by Crippen LogP contribution is 2.17. The number of aromatic amines is 2. The van der Waals surface area contributed by atoms with Gasteiger partial charge in [0.2, 0.25) is 0 Å². The molecule has 0 atom stereocenters. The first-order valence-corrected chi connectivity index (χ1v) is 7.22. The van der Waals surface area contributed by atoms with Gasteiger partial charge in [-0.2, -0.15) is 0 Å². The fraction of sp³-hybridized carbons (Fsp3) is 0. The molecule has 22 heavy (non-hydrogen) atoms. The van der Waals surface area contributed by atoms with Crippen molar-refractivity contribution in [3.05, 3.63) is 74.4 Å². The van der Waals surface area contributed by atoms with Gasteiger partial charge in [0.1, 0.15) is 5.82 Å². The van der Waals surface area contributed by atoms with Gasteiger partial charge in [-0.3, -0.25) is 4.79 Å². The first-order valence-electron chi connectivity index (χ1n) is 6.42. The Morgan fingerprint density at radius 3 is 2.68 bits per heavy atom. The molecule has 0 fully saturated rings. The van der Waals surface area contributed by atoms with Gasteiger partial charge in [-0.25, -0.2) is 9.18 Å². The maximum atomic E-state index is 13.6. The van der Waals surface area contributed by atoms with E-state index in [4.69, 9.17) is 0 Å². The lowest BCUT2D eigenvalue weighted by atomic mass is 10.1. The molecule has 2 aromatic carbocycles. The Morgan fingerprint density at radius 1 is 1.09 bits per heavy atom. The van der Waals surface area contributed by atoms with E-state index < -0.39 is 5.82 Å². The summed E-state index contributed by atoms with van der Waals surface area (Å²) in [6.07, 6.45) is 2.73. The van der Waals surface area contributed by atoms with Crippen molar-refractivity contribution in [1.29, 1.82) is 0 Å². The lowest BCUT2D eigenvalue weighted by Crippen LogP contribution is -1.99. The molecule has 4 nitrogen and oxygen atoms in total. The van der Waals surface area contributed by atoms with Crippen molar-refractivity contribution >= 4 is 38.8 Å². The number of imidazole rings is 1. The summed E-state index contributed by atoms with van der Waals surface area (Å²) in [6.45, 7) is 0. The lowest BCUT2D eigenvalue weighted by Gasteiger charge is -1.99. The lowest BCUT2D eigenvalue weighted by molar-refractivity contribution is 0.104. The number of allylic oxidation sites excluding steroid dienone is 1. The monoisotopic (exact) mass is 360 g/mol. The number of carbonyl (C=O) groups excluding carboxylic acids is 1. The van der Waals surface area contributed by atoms with Crippen LogP contribution in [-0.2, 0) is 0 Å². The van der Waals surface area contributed by atoms with Gasteiger partial charge in [-0.05, 0) is 48.6 Å². The van der Waals surface area contributed by atoms with Crippen molar-refractivity contribution in [3.8, 4) is 0 Å². The van der Waals surface area contributed by atoms with Crippen LogP contribution in [0.1, 0.15) is 15.9 Å². The Morgan fingerprint density at radius 2 is 1.86 bits per heavy atom. The van der Waals surface area contributed by atoms with Crippen LogP contribution in [0.5, 0.6) is 0 Å². The maximum absolute atomic E-state index is 13.6. The summed E-state index contributed by atoms with van der Waals surface area (Å²) in [5, 5.41) is 0. The molecule has 2 N–H and O–H groups in total. The van der Waals surface area contributed by atoms with Gasteiger partial charge in [0.25, 0.3) is 0 Å². The van der Waals surface area contributed by atoms with Crippen molar-refractivity contribution in [2.24, 2.45) is 0 Å². The minimum atomic E-state index is -0.405. The summed E-state index contributed by atoms with van der Waals surface area (Å²) in [7, 11) is 0. The van der Waals surface area contributed by atoms with Crippen molar-refractivity contribution in [2.75, 3.05) is 0 Å². The van der Waals surface area contributed by atoms with Crippen molar-refractivity contribution in [2.45, 2.75) is 0 Å². The summed E-state index contributed by atoms with van der Waals surface area (Å²) in [5.41, 5.74) is 1.58. The molecule has 0 saturated heterocycles. The van der Waals surface area contributed by atoms with Gasteiger partial charge in [0.05, 0.1) is 11.0 Å². The molecular formula is C16H10BrFN2O2. The third-order valence-corrected chi connectivity index (χ3v) is 3.67. The number of halogens is 2. The largest absolute Gasteiger partial charge is 0.323 e. The first kappa shape index (κ1) is 14.5. The van der Waals surface area contributed by atoms with Crippen LogP contribution in [0.3, 0.4) is 0 Å². The fourth-order valence-electron chi connectivity index (χ4n) is 2.09. The van der Waals surface area contributed by atoms with Crippen LogP contribution < -0.4 is 5.69 Å². The topological polar surface area (TPSA) is 65.7 Å². The highest BCUT2D eigenvalue weighted by Gasteiger charge is 2.06. The number of hydrogen-bond donors (Lipinski definition) is 2. The quantitative estimate of drug-likeness (QED) is 0.552. The van der Waals surface area contributed by atoms with E-state index in [9.17, 15) is 14.0 Å². The molecule has 3 aromatic rings. The van der Waals surface area contributed by atoms with Crippen molar-refractivity contribution in [1.82, 2.24) is 9.97 Å². The molecule has 1 heterocycles. The molecule has 1 aromatic heterocycles. The van der Waals surface area contributed by atoms with E-state index in [0.717, 1.165) is 4.47 Å². The zero-order chi connectivity index (χ0) is 15.7. The number of carbonyl (C=O) groups is 1. The molecule has 0 radical (unpaired) electrons. The number of rotatable bonds is 3. The normalized spacial score (nSPS) is 11.4. The Hall–Kier alpha value is -2.47. The molecule has 110 valence electrons. The van der Waals surface area contributed by atoms with Crippen LogP contribution in [0, 0.1) is 5.82 Å². The average molecular weight is 361 g/mol. The summed E-state index contributed by atoms with van der Waals surface area (Å²) >= 11 is 3.26. The van der Waals surface area contributed by atoms with E-state index in [1.807, 2.05) is 0 Å². The van der Waals surface area contributed by atoms with Gasteiger partial charge in [-0.15, -0.1) is 0 Å². The molecule has 0 aliphatic rings. The zero-order valence-electron chi connectivity index (χ0n) is 11.2. The van der Waals surface area contributed by atoms with E-state index in [1.54, 1.807) is 30.3 Å². The van der Waals surface area contributed by atoms with Gasteiger partial charge >= 0.3 is 5.69 Å². The van der Waals surface area contributed by atoms with Gasteiger partial charge in [0, 0.05) is 15.6 Å². The first-order chi connectivity index (χ1) is 10.5. The second kappa shape index (κ2) is 5.73. The maximum Gasteiger partial charge on any atom is 0.323 e. The Bertz CT molecular complexity index is 956. The second-order valence-electron chi connectivity index (χ2n) is 4.70. The molecule has 0 unspecified atom stereocenters. The number of nitrogens with one attached hydrogen (secondary N) is 2. The Kier molecular flexibility index (Phi) is 3.77. The van der Waals surface area contributed by atoms with Crippen molar-refractivity contribution < 1.29 is 9.18 Å². The SMILES string of the molecule is O=C(/C=C/c1cc(Br)ccc1F)c1ccc2[nH]c(=O)[nH]c2c1. The predicted octanol–water partition coefficient (Wildman–Crippen LogP) is 3.65. The molecule has 0 bridgehead atoms. The van der Waals surface area contributed by atoms with Crippen LogP contribution in [0.25, 0.3) is 17.1 Å². The van der Waals surface area contributed by atoms with Crippen LogP contribution in [0.2, 0.25) is 0 Å². The molecule has 0 aliphatic heterocycles. The number of aromatic nitrogens is 2. The third-order valence-electron chi connectivity index (χ3n) is 3.17. The van der Waals surface area contributed by atoms with Crippen LogP contribution >= 0.6 is 15.9 Å². The molecule has 3 rings (SSSR count). The molecule has 0 aliphatic carbocycles. The number of benzene rings is 2. The highest BCUT2D eigenvalue weighted by atomic mass is 79.9. The summed E-state index contributed by atoms with van der Waals surface area (Å²) in [6, 6.07) is 9.34. The summed E-state index contributed by atoms with van der Waals surface area (Å²) in [4.78, 5) is 28.5. The molecule has 0 saturated carbocycles. The van der Waals surface area contributed by atoms with Gasteiger partial charge in [-0.1, -0.05) is 15.9 Å². The molecular weight excluding hydrogens is 351 g/mol. The summed E-state index contributed by atoms with van der Waals surface area (Å²) < 4.78 is 14.3. The van der Waals surface area contributed by atoms with Gasteiger partial charge < -0.3 is 9.97 Å². The van der Waals surface area contributed by atoms with Crippen LogP contribution in [0.4, 0.5) is 4.39 Å². The Labute approximate surface area is 132 Å². The van der Waals surface area contributed by atoms with Crippen LogP contribution in [0.15, 0.2) is 51.7 Å². The highest BCUT2D eigenvalue weighted by molar-refractivity contribution is 9.10.